The third-order valence-electron chi connectivity index (χ3n) is 2.33. The normalized spacial score (nSPS) is 10.6. The molecule has 0 aliphatic carbocycles. The van der Waals surface area contributed by atoms with Crippen LogP contribution in [0.1, 0.15) is 19.4 Å². The van der Waals surface area contributed by atoms with Gasteiger partial charge in [-0.25, -0.2) is 0 Å². The summed E-state index contributed by atoms with van der Waals surface area (Å²) in [6.45, 7) is 7.50. The van der Waals surface area contributed by atoms with Crippen molar-refractivity contribution in [3.8, 4) is 0 Å². The van der Waals surface area contributed by atoms with Crippen molar-refractivity contribution in [1.29, 1.82) is 0 Å². The van der Waals surface area contributed by atoms with Gasteiger partial charge in [-0.1, -0.05) is 18.2 Å². The van der Waals surface area contributed by atoms with Gasteiger partial charge in [0.2, 0.25) is 5.91 Å². The quantitative estimate of drug-likeness (QED) is 0.336. The Morgan fingerprint density at radius 2 is 2.20 bits per heavy atom. The summed E-state index contributed by atoms with van der Waals surface area (Å²) in [6.07, 6.45) is 1.71. The molecule has 0 bridgehead atoms. The van der Waals surface area contributed by atoms with E-state index in [0.29, 0.717) is 11.7 Å². The number of nitrogens with zero attached hydrogens (tertiary/aromatic N) is 1. The molecular formula is C14H18N4OS. The molecule has 0 radical (unpaired) electrons. The van der Waals surface area contributed by atoms with Crippen LogP contribution < -0.4 is 16.1 Å². The van der Waals surface area contributed by atoms with Crippen LogP contribution in [0.2, 0.25) is 0 Å². The highest BCUT2D eigenvalue weighted by molar-refractivity contribution is 7.80. The number of hydrazone groups is 1. The third kappa shape index (κ3) is 5.62. The molecule has 0 saturated heterocycles. The molecule has 5 nitrogen and oxygen atoms in total. The van der Waals surface area contributed by atoms with Crippen LogP contribution in [0.5, 0.6) is 0 Å². The number of thiocarbonyl (C=S) groups is 1. The van der Waals surface area contributed by atoms with E-state index in [0.717, 1.165) is 17.0 Å². The summed E-state index contributed by atoms with van der Waals surface area (Å²) >= 11 is 5.04. The molecule has 0 atom stereocenters. The first-order valence-corrected chi connectivity index (χ1v) is 6.51. The van der Waals surface area contributed by atoms with E-state index in [4.69, 9.17) is 12.2 Å². The smallest absolute Gasteiger partial charge is 0.221 e. The topological polar surface area (TPSA) is 65.5 Å². The summed E-state index contributed by atoms with van der Waals surface area (Å²) in [7, 11) is 0. The van der Waals surface area contributed by atoms with Crippen LogP contribution in [0.3, 0.4) is 0 Å². The molecule has 6 heteroatoms. The minimum absolute atomic E-state index is 0.107. The van der Waals surface area contributed by atoms with Gasteiger partial charge in [0.1, 0.15) is 0 Å². The van der Waals surface area contributed by atoms with Crippen molar-refractivity contribution in [1.82, 2.24) is 10.7 Å². The summed E-state index contributed by atoms with van der Waals surface area (Å²) in [5.41, 5.74) is 5.14. The van der Waals surface area contributed by atoms with Crippen molar-refractivity contribution in [2.24, 2.45) is 5.10 Å². The van der Waals surface area contributed by atoms with Crippen LogP contribution in [0.4, 0.5) is 5.69 Å². The summed E-state index contributed by atoms with van der Waals surface area (Å²) in [6, 6.07) is 7.43. The SMILES string of the molecule is C=CCNC(=S)N/N=C(/C)c1cccc(NC(C)=O)c1. The van der Waals surface area contributed by atoms with Gasteiger partial charge >= 0.3 is 0 Å². The maximum absolute atomic E-state index is 11.0. The minimum atomic E-state index is -0.107. The Labute approximate surface area is 124 Å². The van der Waals surface area contributed by atoms with Crippen LogP contribution in [0.25, 0.3) is 0 Å². The number of hydrogen-bond acceptors (Lipinski definition) is 3. The molecule has 1 rings (SSSR count). The molecule has 20 heavy (non-hydrogen) atoms. The van der Waals surface area contributed by atoms with Gasteiger partial charge in [0.25, 0.3) is 0 Å². The van der Waals surface area contributed by atoms with E-state index in [-0.39, 0.29) is 5.91 Å². The summed E-state index contributed by atoms with van der Waals surface area (Å²) < 4.78 is 0. The summed E-state index contributed by atoms with van der Waals surface area (Å²) in [5, 5.41) is 10.3. The number of carbonyl (C=O) groups is 1. The van der Waals surface area contributed by atoms with Gasteiger partial charge in [0.15, 0.2) is 5.11 Å². The number of hydrogen-bond donors (Lipinski definition) is 3. The van der Waals surface area contributed by atoms with E-state index >= 15 is 0 Å². The van der Waals surface area contributed by atoms with Gasteiger partial charge in [-0.15, -0.1) is 6.58 Å². The Bertz CT molecular complexity index is 540. The number of carbonyl (C=O) groups excluding carboxylic acids is 1. The number of anilines is 1. The lowest BCUT2D eigenvalue weighted by atomic mass is 10.1. The Hall–Kier alpha value is -2.21. The second-order valence-corrected chi connectivity index (χ2v) is 4.48. The second kappa shape index (κ2) is 8.06. The molecule has 106 valence electrons. The van der Waals surface area contributed by atoms with Gasteiger partial charge in [0, 0.05) is 19.2 Å². The molecule has 0 aromatic heterocycles. The summed E-state index contributed by atoms with van der Waals surface area (Å²) in [4.78, 5) is 11.0. The predicted molar refractivity (Wildman–Crippen MR) is 86.9 cm³/mol. The molecule has 1 amide bonds. The van der Waals surface area contributed by atoms with Crippen molar-refractivity contribution in [3.05, 3.63) is 42.5 Å². The second-order valence-electron chi connectivity index (χ2n) is 4.07. The molecule has 3 N–H and O–H groups in total. The van der Waals surface area contributed by atoms with Crippen LogP contribution >= 0.6 is 12.2 Å². The largest absolute Gasteiger partial charge is 0.358 e. The maximum atomic E-state index is 11.0. The van der Waals surface area contributed by atoms with E-state index in [9.17, 15) is 4.79 Å². The average molecular weight is 290 g/mol. The van der Waals surface area contributed by atoms with E-state index in [1.807, 2.05) is 31.2 Å². The highest BCUT2D eigenvalue weighted by atomic mass is 32.1. The molecule has 1 aromatic rings. The molecule has 0 heterocycles. The average Bonchev–Trinajstić information content (AvgIpc) is 2.42. The van der Waals surface area contributed by atoms with Gasteiger partial charge in [-0.2, -0.15) is 5.10 Å². The fourth-order valence-electron chi connectivity index (χ4n) is 1.43. The van der Waals surface area contributed by atoms with Crippen molar-refractivity contribution in [2.75, 3.05) is 11.9 Å². The van der Waals surface area contributed by atoms with Crippen molar-refractivity contribution in [2.45, 2.75) is 13.8 Å². The molecule has 0 spiro atoms. The van der Waals surface area contributed by atoms with E-state index in [2.05, 4.69) is 27.7 Å². The standard InChI is InChI=1S/C14H18N4OS/c1-4-8-15-14(20)18-17-10(2)12-6-5-7-13(9-12)16-11(3)19/h4-7,9H,1,8H2,2-3H3,(H,16,19)(H2,15,18,20)/b17-10-. The molecule has 1 aromatic carbocycles. The Morgan fingerprint density at radius 3 is 2.85 bits per heavy atom. The van der Waals surface area contributed by atoms with Gasteiger partial charge in [0.05, 0.1) is 5.71 Å². The lowest BCUT2D eigenvalue weighted by Crippen LogP contribution is -2.32. The highest BCUT2D eigenvalue weighted by Crippen LogP contribution is 2.11. The van der Waals surface area contributed by atoms with Crippen LogP contribution in [-0.4, -0.2) is 23.3 Å². The molecule has 0 aliphatic heterocycles. The first kappa shape index (κ1) is 15.8. The van der Waals surface area contributed by atoms with Gasteiger partial charge < -0.3 is 10.6 Å². The highest BCUT2D eigenvalue weighted by Gasteiger charge is 2.01. The van der Waals surface area contributed by atoms with E-state index in [1.54, 1.807) is 6.08 Å². The number of nitrogens with one attached hydrogen (secondary N) is 3. The Kier molecular flexibility index (Phi) is 6.39. The fourth-order valence-corrected chi connectivity index (χ4v) is 1.56. The lowest BCUT2D eigenvalue weighted by molar-refractivity contribution is -0.114. The minimum Gasteiger partial charge on any atom is -0.358 e. The van der Waals surface area contributed by atoms with Gasteiger partial charge in [-0.3, -0.25) is 10.2 Å². The number of rotatable bonds is 5. The van der Waals surface area contributed by atoms with Crippen molar-refractivity contribution >= 4 is 34.6 Å². The van der Waals surface area contributed by atoms with Crippen molar-refractivity contribution < 1.29 is 4.79 Å². The zero-order chi connectivity index (χ0) is 15.0. The molecule has 0 fully saturated rings. The van der Waals surface area contributed by atoms with Crippen LogP contribution in [0.15, 0.2) is 42.0 Å². The van der Waals surface area contributed by atoms with E-state index < -0.39 is 0 Å². The lowest BCUT2D eigenvalue weighted by Gasteiger charge is -2.07. The van der Waals surface area contributed by atoms with Crippen LogP contribution in [-0.2, 0) is 4.79 Å². The first-order valence-electron chi connectivity index (χ1n) is 6.10. The monoisotopic (exact) mass is 290 g/mol. The third-order valence-corrected chi connectivity index (χ3v) is 2.57. The summed E-state index contributed by atoms with van der Waals surface area (Å²) in [5.74, 6) is -0.107. The number of amides is 1. The van der Waals surface area contributed by atoms with Crippen LogP contribution in [0, 0.1) is 0 Å². The zero-order valence-electron chi connectivity index (χ0n) is 11.6. The number of benzene rings is 1. The van der Waals surface area contributed by atoms with Gasteiger partial charge in [-0.05, 0) is 36.8 Å². The zero-order valence-corrected chi connectivity index (χ0v) is 12.4. The van der Waals surface area contributed by atoms with E-state index in [1.165, 1.54) is 6.92 Å². The molecular weight excluding hydrogens is 272 g/mol. The molecule has 0 saturated carbocycles. The Morgan fingerprint density at radius 1 is 1.45 bits per heavy atom. The Balaban J connectivity index is 2.70. The molecule has 0 unspecified atom stereocenters. The fraction of sp³-hybridized carbons (Fsp3) is 0.214. The predicted octanol–water partition coefficient (Wildman–Crippen LogP) is 2.02. The van der Waals surface area contributed by atoms with Crippen molar-refractivity contribution in [3.63, 3.8) is 0 Å². The molecule has 0 aliphatic rings. The first-order chi connectivity index (χ1) is 9.52. The maximum Gasteiger partial charge on any atom is 0.221 e.